The zero-order valence-corrected chi connectivity index (χ0v) is 24.9. The number of para-hydroxylation sites is 1. The number of rotatable bonds is 7. The fourth-order valence-electron chi connectivity index (χ4n) is 3.30. The van der Waals surface area contributed by atoms with Crippen LogP contribution in [0.5, 0.6) is 11.5 Å². The first-order valence-corrected chi connectivity index (χ1v) is 15.9. The lowest BCUT2D eigenvalue weighted by atomic mass is 9.87. The minimum atomic E-state index is -1.94. The molecule has 1 aliphatic heterocycles. The van der Waals surface area contributed by atoms with E-state index in [-0.39, 0.29) is 22.7 Å². The Morgan fingerprint density at radius 2 is 1.53 bits per heavy atom. The van der Waals surface area contributed by atoms with E-state index in [9.17, 15) is 0 Å². The average molecular weight is 595 g/mol. The fraction of sp³-hybridized carbons (Fsp3) is 0.500. The molecule has 0 saturated carbocycles. The third-order valence-corrected chi connectivity index (χ3v) is 12.0. The Morgan fingerprint density at radius 1 is 0.882 bits per heavy atom. The molecule has 0 spiro atoms. The van der Waals surface area contributed by atoms with Crippen LogP contribution in [0.15, 0.2) is 60.7 Å². The number of hydrogen-bond acceptors (Lipinski definition) is 4. The molecule has 186 valence electrons. The van der Waals surface area contributed by atoms with Crippen LogP contribution in [0.2, 0.25) is 18.1 Å². The van der Waals surface area contributed by atoms with E-state index in [2.05, 4.69) is 89.4 Å². The summed E-state index contributed by atoms with van der Waals surface area (Å²) in [6.07, 6.45) is 2.93. The molecule has 4 nitrogen and oxygen atoms in total. The van der Waals surface area contributed by atoms with Crippen LogP contribution >= 0.6 is 22.6 Å². The first kappa shape index (κ1) is 27.2. The summed E-state index contributed by atoms with van der Waals surface area (Å²) in [4.78, 5) is 0. The second-order valence-corrected chi connectivity index (χ2v) is 17.4. The van der Waals surface area contributed by atoms with Gasteiger partial charge in [-0.25, -0.2) is 0 Å². The molecule has 0 amide bonds. The van der Waals surface area contributed by atoms with E-state index in [1.807, 2.05) is 48.6 Å². The first-order chi connectivity index (χ1) is 15.8. The summed E-state index contributed by atoms with van der Waals surface area (Å²) < 4.78 is 26.5. The molecular weight excluding hydrogens is 555 g/mol. The van der Waals surface area contributed by atoms with Crippen LogP contribution < -0.4 is 9.47 Å². The Morgan fingerprint density at radius 3 is 2.12 bits per heavy atom. The van der Waals surface area contributed by atoms with Gasteiger partial charge >= 0.3 is 0 Å². The number of hydrogen-bond donors (Lipinski definition) is 0. The SMILES string of the molecule is CC(C)(C)c1ccc(O[C@@H]2C=C[C@H](Oc3ccccc3I)[C@@H](CO[Si](C)(C)C(C)(C)C)O2)cc1. The van der Waals surface area contributed by atoms with Crippen LogP contribution in [0.3, 0.4) is 0 Å². The van der Waals surface area contributed by atoms with E-state index in [1.54, 1.807) is 0 Å². The van der Waals surface area contributed by atoms with Crippen molar-refractivity contribution in [1.29, 1.82) is 0 Å². The monoisotopic (exact) mass is 594 g/mol. The topological polar surface area (TPSA) is 36.9 Å². The molecular formula is C28H39IO4Si. The second-order valence-electron chi connectivity index (χ2n) is 11.4. The molecule has 0 saturated heterocycles. The van der Waals surface area contributed by atoms with E-state index in [0.717, 1.165) is 15.1 Å². The Balaban J connectivity index is 1.76. The molecule has 0 fully saturated rings. The molecule has 0 radical (unpaired) electrons. The van der Waals surface area contributed by atoms with Gasteiger partial charge in [0.15, 0.2) is 8.32 Å². The van der Waals surface area contributed by atoms with Gasteiger partial charge in [0.2, 0.25) is 6.29 Å². The maximum absolute atomic E-state index is 6.53. The predicted octanol–water partition coefficient (Wildman–Crippen LogP) is 7.72. The lowest BCUT2D eigenvalue weighted by Gasteiger charge is -2.39. The maximum atomic E-state index is 6.53. The van der Waals surface area contributed by atoms with Gasteiger partial charge in [0.05, 0.1) is 10.2 Å². The van der Waals surface area contributed by atoms with Gasteiger partial charge in [-0.3, -0.25) is 0 Å². The van der Waals surface area contributed by atoms with Gasteiger partial charge in [0, 0.05) is 0 Å². The summed E-state index contributed by atoms with van der Waals surface area (Å²) in [5.41, 5.74) is 1.37. The van der Waals surface area contributed by atoms with Gasteiger partial charge in [-0.05, 0) is 88.1 Å². The molecule has 0 bridgehead atoms. The molecule has 6 heteroatoms. The van der Waals surface area contributed by atoms with Crippen molar-refractivity contribution in [2.45, 2.75) is 83.6 Å². The Kier molecular flexibility index (Phi) is 8.59. The van der Waals surface area contributed by atoms with Crippen molar-refractivity contribution in [2.24, 2.45) is 0 Å². The van der Waals surface area contributed by atoms with Gasteiger partial charge in [-0.1, -0.05) is 65.8 Å². The molecule has 0 N–H and O–H groups in total. The Bertz CT molecular complexity index is 973. The normalized spacial score (nSPS) is 21.4. The van der Waals surface area contributed by atoms with E-state index < -0.39 is 14.6 Å². The summed E-state index contributed by atoms with van der Waals surface area (Å²) in [6.45, 7) is 18.3. The van der Waals surface area contributed by atoms with Crippen LogP contribution in [-0.2, 0) is 14.6 Å². The first-order valence-electron chi connectivity index (χ1n) is 11.9. The molecule has 3 rings (SSSR count). The highest BCUT2D eigenvalue weighted by Gasteiger charge is 2.39. The van der Waals surface area contributed by atoms with Gasteiger partial charge in [-0.2, -0.15) is 0 Å². The van der Waals surface area contributed by atoms with Gasteiger partial charge in [0.1, 0.15) is 23.7 Å². The van der Waals surface area contributed by atoms with Crippen molar-refractivity contribution >= 4 is 30.9 Å². The second kappa shape index (κ2) is 10.7. The number of ether oxygens (including phenoxy) is 3. The molecule has 34 heavy (non-hydrogen) atoms. The van der Waals surface area contributed by atoms with Crippen molar-refractivity contribution in [3.05, 3.63) is 69.8 Å². The van der Waals surface area contributed by atoms with Crippen molar-refractivity contribution in [3.63, 3.8) is 0 Å². The molecule has 3 atom stereocenters. The van der Waals surface area contributed by atoms with E-state index >= 15 is 0 Å². The van der Waals surface area contributed by atoms with Crippen molar-refractivity contribution in [3.8, 4) is 11.5 Å². The summed E-state index contributed by atoms with van der Waals surface area (Å²) in [5.74, 6) is 1.62. The predicted molar refractivity (Wildman–Crippen MR) is 150 cm³/mol. The molecule has 1 heterocycles. The largest absolute Gasteiger partial charge is 0.482 e. The summed E-state index contributed by atoms with van der Waals surface area (Å²) in [5, 5.41) is 0.118. The summed E-state index contributed by atoms with van der Waals surface area (Å²) in [6, 6.07) is 16.3. The zero-order valence-electron chi connectivity index (χ0n) is 21.7. The fourth-order valence-corrected chi connectivity index (χ4v) is 4.83. The quantitative estimate of drug-likeness (QED) is 0.187. The highest BCUT2D eigenvalue weighted by atomic mass is 127. The molecule has 1 aliphatic rings. The van der Waals surface area contributed by atoms with Gasteiger partial charge in [0.25, 0.3) is 0 Å². The third kappa shape index (κ3) is 7.09. The third-order valence-electron chi connectivity index (χ3n) is 6.62. The van der Waals surface area contributed by atoms with E-state index in [0.29, 0.717) is 6.61 Å². The Labute approximate surface area is 220 Å². The number of benzene rings is 2. The minimum absolute atomic E-state index is 0.103. The zero-order chi connectivity index (χ0) is 25.1. The molecule has 2 aromatic carbocycles. The van der Waals surface area contributed by atoms with Gasteiger partial charge < -0.3 is 18.6 Å². The number of halogens is 1. The average Bonchev–Trinajstić information content (AvgIpc) is 2.74. The molecule has 0 aromatic heterocycles. The standard InChI is InChI=1S/C28H39IO4Si/c1-27(2,3)20-13-15-21(16-14-20)31-26-18-17-24(32-23-12-10-9-11-22(23)29)25(33-26)19-30-34(7,8)28(4,5)6/h9-18,24-26H,19H2,1-8H3/t24-,25+,26-/m0/s1. The van der Waals surface area contributed by atoms with Crippen LogP contribution in [0.1, 0.15) is 47.1 Å². The maximum Gasteiger partial charge on any atom is 0.220 e. The Hall–Kier alpha value is -1.35. The highest BCUT2D eigenvalue weighted by Crippen LogP contribution is 2.37. The van der Waals surface area contributed by atoms with Crippen LogP contribution in [0.25, 0.3) is 0 Å². The smallest absolute Gasteiger partial charge is 0.220 e. The van der Waals surface area contributed by atoms with Crippen LogP contribution in [-0.4, -0.2) is 33.4 Å². The van der Waals surface area contributed by atoms with E-state index in [1.165, 1.54) is 5.56 Å². The lowest BCUT2D eigenvalue weighted by molar-refractivity contribution is -0.136. The van der Waals surface area contributed by atoms with Gasteiger partial charge in [-0.15, -0.1) is 0 Å². The van der Waals surface area contributed by atoms with Crippen LogP contribution in [0, 0.1) is 3.57 Å². The van der Waals surface area contributed by atoms with Crippen molar-refractivity contribution in [2.75, 3.05) is 6.61 Å². The molecule has 2 aromatic rings. The highest BCUT2D eigenvalue weighted by molar-refractivity contribution is 14.1. The lowest BCUT2D eigenvalue weighted by Crippen LogP contribution is -2.48. The van der Waals surface area contributed by atoms with Crippen LogP contribution in [0.4, 0.5) is 0 Å². The summed E-state index contributed by atoms with van der Waals surface area (Å²) in [7, 11) is -1.94. The van der Waals surface area contributed by atoms with E-state index in [4.69, 9.17) is 18.6 Å². The summed E-state index contributed by atoms with van der Waals surface area (Å²) >= 11 is 2.30. The molecule has 0 aliphatic carbocycles. The van der Waals surface area contributed by atoms with Crippen molar-refractivity contribution < 1.29 is 18.6 Å². The van der Waals surface area contributed by atoms with Crippen molar-refractivity contribution in [1.82, 2.24) is 0 Å². The molecule has 0 unspecified atom stereocenters. The minimum Gasteiger partial charge on any atom is -0.482 e.